The molecule has 17 heavy (non-hydrogen) atoms. The molecule has 1 aromatic rings. The average Bonchev–Trinajstić information content (AvgIpc) is 2.35. The Morgan fingerprint density at radius 2 is 1.94 bits per heavy atom. The fourth-order valence-corrected chi connectivity index (χ4v) is 1.50. The smallest absolute Gasteiger partial charge is 0.326 e. The molecule has 0 aliphatic heterocycles. The number of nitrogens with one attached hydrogen (secondary N) is 1. The van der Waals surface area contributed by atoms with E-state index in [9.17, 15) is 9.59 Å². The number of benzene rings is 1. The van der Waals surface area contributed by atoms with Crippen LogP contribution in [0.2, 0.25) is 0 Å². The lowest BCUT2D eigenvalue weighted by Gasteiger charge is -2.13. The monoisotopic (exact) mass is 235 g/mol. The zero-order valence-electron chi connectivity index (χ0n) is 9.85. The van der Waals surface area contributed by atoms with Crippen molar-refractivity contribution in [3.63, 3.8) is 0 Å². The van der Waals surface area contributed by atoms with Gasteiger partial charge >= 0.3 is 5.97 Å². The molecule has 1 atom stereocenters. The van der Waals surface area contributed by atoms with E-state index < -0.39 is 12.0 Å². The van der Waals surface area contributed by atoms with Gasteiger partial charge in [-0.25, -0.2) is 4.79 Å². The molecule has 0 bridgehead atoms. The van der Waals surface area contributed by atoms with Gasteiger partial charge in [-0.1, -0.05) is 38.0 Å². The molecule has 0 radical (unpaired) electrons. The zero-order valence-corrected chi connectivity index (χ0v) is 9.85. The first-order chi connectivity index (χ1) is 8.15. The summed E-state index contributed by atoms with van der Waals surface area (Å²) in [5, 5.41) is 11.5. The highest BCUT2D eigenvalue weighted by Gasteiger charge is 2.19. The second kappa shape index (κ2) is 6.68. The van der Waals surface area contributed by atoms with Crippen molar-refractivity contribution in [1.82, 2.24) is 5.32 Å². The van der Waals surface area contributed by atoms with Crippen molar-refractivity contribution in [2.75, 3.05) is 0 Å². The van der Waals surface area contributed by atoms with Gasteiger partial charge in [0.15, 0.2) is 0 Å². The standard InChI is InChI=1S/C13H17NO3/c1-2-3-9-11(13(16)17)14-12(15)10-7-5-4-6-8-10/h4-8,11H,2-3,9H2,1H3,(H,14,15)(H,16,17)/t11-/m0/s1. The van der Waals surface area contributed by atoms with Crippen molar-refractivity contribution in [2.45, 2.75) is 32.2 Å². The van der Waals surface area contributed by atoms with E-state index in [1.165, 1.54) is 0 Å². The molecule has 1 aromatic carbocycles. The van der Waals surface area contributed by atoms with Crippen LogP contribution in [0.1, 0.15) is 36.5 Å². The molecule has 1 amide bonds. The number of hydrogen-bond donors (Lipinski definition) is 2. The number of rotatable bonds is 6. The number of amides is 1. The minimum Gasteiger partial charge on any atom is -0.480 e. The fourth-order valence-electron chi connectivity index (χ4n) is 1.50. The maximum atomic E-state index is 11.7. The van der Waals surface area contributed by atoms with Crippen molar-refractivity contribution in [2.24, 2.45) is 0 Å². The minimum absolute atomic E-state index is 0.339. The van der Waals surface area contributed by atoms with Crippen LogP contribution in [0.5, 0.6) is 0 Å². The SMILES string of the molecule is CCCC[C@H](NC(=O)c1ccccc1)C(=O)O. The zero-order chi connectivity index (χ0) is 12.7. The Kier molecular flexibility index (Phi) is 5.20. The maximum absolute atomic E-state index is 11.7. The van der Waals surface area contributed by atoms with Crippen molar-refractivity contribution in [1.29, 1.82) is 0 Å². The molecule has 0 saturated heterocycles. The number of hydrogen-bond acceptors (Lipinski definition) is 2. The normalized spacial score (nSPS) is 11.8. The second-order valence-electron chi connectivity index (χ2n) is 3.87. The van der Waals surface area contributed by atoms with Crippen LogP contribution in [-0.4, -0.2) is 23.0 Å². The van der Waals surface area contributed by atoms with Crippen LogP contribution < -0.4 is 5.32 Å². The topological polar surface area (TPSA) is 66.4 Å². The number of aliphatic carboxylic acids is 1. The van der Waals surface area contributed by atoms with E-state index in [1.807, 2.05) is 13.0 Å². The quantitative estimate of drug-likeness (QED) is 0.793. The summed E-state index contributed by atoms with van der Waals surface area (Å²) < 4.78 is 0. The summed E-state index contributed by atoms with van der Waals surface area (Å²) >= 11 is 0. The summed E-state index contributed by atoms with van der Waals surface area (Å²) in [5.41, 5.74) is 0.482. The van der Waals surface area contributed by atoms with E-state index in [0.717, 1.165) is 12.8 Å². The Morgan fingerprint density at radius 3 is 2.47 bits per heavy atom. The molecule has 4 heteroatoms. The summed E-state index contributed by atoms with van der Waals surface area (Å²) in [5.74, 6) is -1.32. The van der Waals surface area contributed by atoms with Gasteiger partial charge in [0, 0.05) is 5.56 Å². The minimum atomic E-state index is -0.984. The lowest BCUT2D eigenvalue weighted by atomic mass is 10.1. The van der Waals surface area contributed by atoms with E-state index in [2.05, 4.69) is 5.32 Å². The van der Waals surface area contributed by atoms with Gasteiger partial charge in [0.25, 0.3) is 5.91 Å². The van der Waals surface area contributed by atoms with Crippen molar-refractivity contribution in [3.05, 3.63) is 35.9 Å². The Bertz CT molecular complexity index is 376. The van der Waals surface area contributed by atoms with Crippen LogP contribution in [0.4, 0.5) is 0 Å². The molecule has 0 aliphatic rings. The summed E-state index contributed by atoms with van der Waals surface area (Å²) in [7, 11) is 0. The molecule has 1 rings (SSSR count). The maximum Gasteiger partial charge on any atom is 0.326 e. The van der Waals surface area contributed by atoms with Gasteiger partial charge in [0.1, 0.15) is 6.04 Å². The highest BCUT2D eigenvalue weighted by atomic mass is 16.4. The van der Waals surface area contributed by atoms with Gasteiger partial charge in [-0.05, 0) is 18.6 Å². The first-order valence-electron chi connectivity index (χ1n) is 5.74. The molecule has 0 fully saturated rings. The molecule has 0 saturated carbocycles. The van der Waals surface area contributed by atoms with E-state index in [1.54, 1.807) is 24.3 Å². The Morgan fingerprint density at radius 1 is 1.29 bits per heavy atom. The van der Waals surface area contributed by atoms with Crippen LogP contribution in [0.25, 0.3) is 0 Å². The van der Waals surface area contributed by atoms with E-state index in [4.69, 9.17) is 5.11 Å². The molecular formula is C13H17NO3. The first-order valence-corrected chi connectivity index (χ1v) is 5.74. The van der Waals surface area contributed by atoms with Gasteiger partial charge in [0.05, 0.1) is 0 Å². The van der Waals surface area contributed by atoms with Gasteiger partial charge in [-0.3, -0.25) is 4.79 Å². The summed E-state index contributed by atoms with van der Waals surface area (Å²) in [4.78, 5) is 22.7. The third-order valence-electron chi connectivity index (χ3n) is 2.49. The Balaban J connectivity index is 2.61. The van der Waals surface area contributed by atoms with Crippen molar-refractivity contribution >= 4 is 11.9 Å². The number of carbonyl (C=O) groups is 2. The fraction of sp³-hybridized carbons (Fsp3) is 0.385. The lowest BCUT2D eigenvalue weighted by Crippen LogP contribution is -2.40. The number of carbonyl (C=O) groups excluding carboxylic acids is 1. The second-order valence-corrected chi connectivity index (χ2v) is 3.87. The van der Waals surface area contributed by atoms with Crippen molar-refractivity contribution in [3.8, 4) is 0 Å². The molecule has 92 valence electrons. The van der Waals surface area contributed by atoms with E-state index >= 15 is 0 Å². The molecule has 0 spiro atoms. The molecular weight excluding hydrogens is 218 g/mol. The van der Waals surface area contributed by atoms with Gasteiger partial charge < -0.3 is 10.4 Å². The van der Waals surface area contributed by atoms with Crippen LogP contribution in [0, 0.1) is 0 Å². The van der Waals surface area contributed by atoms with Crippen LogP contribution in [0.15, 0.2) is 30.3 Å². The first kappa shape index (κ1) is 13.2. The molecule has 0 unspecified atom stereocenters. The van der Waals surface area contributed by atoms with Crippen molar-refractivity contribution < 1.29 is 14.7 Å². The molecule has 0 heterocycles. The lowest BCUT2D eigenvalue weighted by molar-refractivity contribution is -0.139. The third kappa shape index (κ3) is 4.26. The predicted molar refractivity (Wildman–Crippen MR) is 64.9 cm³/mol. The largest absolute Gasteiger partial charge is 0.480 e. The average molecular weight is 235 g/mol. The summed E-state index contributed by atoms with van der Waals surface area (Å²) in [6.45, 7) is 1.98. The van der Waals surface area contributed by atoms with Gasteiger partial charge in [0.2, 0.25) is 0 Å². The summed E-state index contributed by atoms with van der Waals surface area (Å²) in [6, 6.07) is 7.82. The Labute approximate surface area is 101 Å². The number of carboxylic acid groups (broad SMARTS) is 1. The number of carboxylic acids is 1. The van der Waals surface area contributed by atoms with Crippen LogP contribution in [0.3, 0.4) is 0 Å². The Hall–Kier alpha value is -1.84. The molecule has 2 N–H and O–H groups in total. The molecule has 0 aromatic heterocycles. The predicted octanol–water partition coefficient (Wildman–Crippen LogP) is 2.06. The highest BCUT2D eigenvalue weighted by Crippen LogP contribution is 2.04. The summed E-state index contributed by atoms with van der Waals surface area (Å²) in [6.07, 6.45) is 2.15. The van der Waals surface area contributed by atoms with Gasteiger partial charge in [-0.15, -0.1) is 0 Å². The molecule has 0 aliphatic carbocycles. The van der Waals surface area contributed by atoms with Crippen LogP contribution >= 0.6 is 0 Å². The van der Waals surface area contributed by atoms with E-state index in [-0.39, 0.29) is 5.91 Å². The molecule has 4 nitrogen and oxygen atoms in total. The van der Waals surface area contributed by atoms with E-state index in [0.29, 0.717) is 12.0 Å². The van der Waals surface area contributed by atoms with Gasteiger partial charge in [-0.2, -0.15) is 0 Å². The number of unbranched alkanes of at least 4 members (excludes halogenated alkanes) is 1. The third-order valence-corrected chi connectivity index (χ3v) is 2.49. The van der Waals surface area contributed by atoms with Crippen LogP contribution in [-0.2, 0) is 4.79 Å². The highest BCUT2D eigenvalue weighted by molar-refractivity contribution is 5.96.